The zero-order valence-corrected chi connectivity index (χ0v) is 18.8. The molecule has 1 atom stereocenters. The lowest BCUT2D eigenvalue weighted by Crippen LogP contribution is -2.39. The Morgan fingerprint density at radius 3 is 2.66 bits per heavy atom. The highest BCUT2D eigenvalue weighted by molar-refractivity contribution is 5.95. The number of hydrogen-bond acceptors (Lipinski definition) is 3. The van der Waals surface area contributed by atoms with E-state index in [0.29, 0.717) is 6.54 Å². The summed E-state index contributed by atoms with van der Waals surface area (Å²) in [6.45, 7) is 3.46. The smallest absolute Gasteiger partial charge is 0.228 e. The van der Waals surface area contributed by atoms with E-state index < -0.39 is 0 Å². The van der Waals surface area contributed by atoms with E-state index in [4.69, 9.17) is 0 Å². The van der Waals surface area contributed by atoms with E-state index in [2.05, 4.69) is 22.5 Å². The maximum absolute atomic E-state index is 12.9. The molecule has 32 heavy (non-hydrogen) atoms. The summed E-state index contributed by atoms with van der Waals surface area (Å²) in [5, 5.41) is 7.72. The van der Waals surface area contributed by atoms with Crippen molar-refractivity contribution in [1.82, 2.24) is 19.7 Å². The van der Waals surface area contributed by atoms with Crippen molar-refractivity contribution >= 4 is 17.6 Å². The number of benzene rings is 1. The van der Waals surface area contributed by atoms with Crippen molar-refractivity contribution in [2.75, 3.05) is 11.4 Å². The largest absolute Gasteiger partial charge is 0.354 e. The van der Waals surface area contributed by atoms with Crippen molar-refractivity contribution in [3.8, 4) is 11.4 Å². The topological polar surface area (TPSA) is 72.2 Å². The maximum atomic E-state index is 12.9. The van der Waals surface area contributed by atoms with Gasteiger partial charge in [0.05, 0.1) is 5.69 Å². The van der Waals surface area contributed by atoms with Gasteiger partial charge in [-0.05, 0) is 43.9 Å². The van der Waals surface area contributed by atoms with E-state index in [-0.39, 0.29) is 30.7 Å². The number of anilines is 1. The van der Waals surface area contributed by atoms with E-state index in [1.165, 1.54) is 5.56 Å². The van der Waals surface area contributed by atoms with Crippen molar-refractivity contribution in [1.29, 1.82) is 0 Å². The van der Waals surface area contributed by atoms with Crippen molar-refractivity contribution in [3.63, 3.8) is 0 Å². The van der Waals surface area contributed by atoms with Crippen LogP contribution in [0.25, 0.3) is 11.4 Å². The van der Waals surface area contributed by atoms with Gasteiger partial charge in [0.1, 0.15) is 11.5 Å². The molecule has 1 aliphatic rings. The second kappa shape index (κ2) is 9.85. The third-order valence-electron chi connectivity index (χ3n) is 5.98. The van der Waals surface area contributed by atoms with Crippen LogP contribution in [-0.4, -0.2) is 38.7 Å². The average molecular weight is 434 g/mol. The Labute approximate surface area is 189 Å². The van der Waals surface area contributed by atoms with Gasteiger partial charge in [-0.3, -0.25) is 14.5 Å². The molecule has 3 heterocycles. The predicted octanol–water partition coefficient (Wildman–Crippen LogP) is 3.54. The number of hydrogen-bond donors (Lipinski definition) is 1. The van der Waals surface area contributed by atoms with Gasteiger partial charge in [0.15, 0.2) is 0 Å². The van der Waals surface area contributed by atoms with Gasteiger partial charge in [-0.25, -0.2) is 4.68 Å². The summed E-state index contributed by atoms with van der Waals surface area (Å²) in [6.07, 6.45) is 5.02. The van der Waals surface area contributed by atoms with Crippen LogP contribution in [0.3, 0.4) is 0 Å². The van der Waals surface area contributed by atoms with Crippen LogP contribution in [0.15, 0.2) is 54.7 Å². The fraction of sp³-hybridized carbons (Fsp3) is 0.400. The van der Waals surface area contributed by atoms with Crippen molar-refractivity contribution in [2.45, 2.75) is 51.6 Å². The molecule has 0 saturated heterocycles. The molecule has 0 fully saturated rings. The van der Waals surface area contributed by atoms with Crippen molar-refractivity contribution < 1.29 is 9.59 Å². The molecule has 2 aromatic heterocycles. The van der Waals surface area contributed by atoms with Gasteiger partial charge in [0, 0.05) is 51.3 Å². The van der Waals surface area contributed by atoms with E-state index in [9.17, 15) is 9.59 Å². The van der Waals surface area contributed by atoms with Gasteiger partial charge < -0.3 is 9.88 Å². The van der Waals surface area contributed by atoms with Gasteiger partial charge in [-0.2, -0.15) is 5.10 Å². The number of carbonyl (C=O) groups is 2. The first-order valence-electron chi connectivity index (χ1n) is 11.3. The fourth-order valence-electron chi connectivity index (χ4n) is 4.19. The molecule has 1 aliphatic heterocycles. The van der Waals surface area contributed by atoms with E-state index in [1.54, 1.807) is 4.90 Å². The quantitative estimate of drug-likeness (QED) is 0.591. The lowest BCUT2D eigenvalue weighted by molar-refractivity contribution is -0.125. The minimum Gasteiger partial charge on any atom is -0.354 e. The number of nitrogens with one attached hydrogen (secondary N) is 1. The molecule has 4 rings (SSSR count). The summed E-state index contributed by atoms with van der Waals surface area (Å²) < 4.78 is 3.92. The molecule has 2 amide bonds. The molecular weight excluding hydrogens is 402 g/mol. The summed E-state index contributed by atoms with van der Waals surface area (Å²) in [5.41, 5.74) is 3.14. The Morgan fingerprint density at radius 2 is 1.91 bits per heavy atom. The average Bonchev–Trinajstić information content (AvgIpc) is 3.42. The predicted molar refractivity (Wildman–Crippen MR) is 125 cm³/mol. The van der Waals surface area contributed by atoms with Gasteiger partial charge in [-0.1, -0.05) is 30.3 Å². The van der Waals surface area contributed by atoms with Gasteiger partial charge in [0.2, 0.25) is 11.8 Å². The van der Waals surface area contributed by atoms with Gasteiger partial charge >= 0.3 is 0 Å². The zero-order chi connectivity index (χ0) is 22.5. The summed E-state index contributed by atoms with van der Waals surface area (Å²) in [7, 11) is 1.98. The van der Waals surface area contributed by atoms with Crippen LogP contribution < -0.4 is 10.2 Å². The number of carbonyl (C=O) groups excluding carboxylic acids is 2. The summed E-state index contributed by atoms with van der Waals surface area (Å²) in [4.78, 5) is 27.1. The van der Waals surface area contributed by atoms with Crippen LogP contribution in [-0.2, 0) is 29.6 Å². The molecule has 0 aliphatic carbocycles. The van der Waals surface area contributed by atoms with Crippen molar-refractivity contribution in [2.24, 2.45) is 7.05 Å². The minimum atomic E-state index is -0.0751. The first kappa shape index (κ1) is 21.9. The number of rotatable bonds is 8. The van der Waals surface area contributed by atoms with Crippen LogP contribution >= 0.6 is 0 Å². The SMILES string of the molecule is C[C@H](CCc1ccccc1)NC(=O)CCC(=O)N1CCCn2nc(-c3cccn3C)cc21. The molecule has 7 heteroatoms. The fourth-order valence-corrected chi connectivity index (χ4v) is 4.19. The van der Waals surface area contributed by atoms with Crippen LogP contribution in [0.4, 0.5) is 5.82 Å². The molecular formula is C25H31N5O2. The molecule has 168 valence electrons. The minimum absolute atomic E-state index is 0.0311. The molecule has 1 aromatic carbocycles. The van der Waals surface area contributed by atoms with Crippen LogP contribution in [0.2, 0.25) is 0 Å². The third kappa shape index (κ3) is 5.10. The van der Waals surface area contributed by atoms with Crippen LogP contribution in [0, 0.1) is 0 Å². The summed E-state index contributed by atoms with van der Waals surface area (Å²) >= 11 is 0. The lowest BCUT2D eigenvalue weighted by atomic mass is 10.1. The Bertz CT molecular complexity index is 1070. The molecule has 0 spiro atoms. The van der Waals surface area contributed by atoms with E-state index in [1.807, 2.05) is 65.8 Å². The Balaban J connectivity index is 1.29. The van der Waals surface area contributed by atoms with Crippen LogP contribution in [0.1, 0.15) is 38.2 Å². The van der Waals surface area contributed by atoms with Crippen LogP contribution in [0.5, 0.6) is 0 Å². The highest BCUT2D eigenvalue weighted by atomic mass is 16.2. The standard InChI is InChI=1S/C25H31N5O2/c1-19(11-12-20-8-4-3-5-9-20)26-23(31)13-14-25(32)29-16-7-17-30-24(29)18-21(27-30)22-10-6-15-28(22)2/h3-6,8-10,15,18-19H,7,11-14,16-17H2,1-2H3,(H,26,31)/t19-/m1/s1. The van der Waals surface area contributed by atoms with Crippen molar-refractivity contribution in [3.05, 3.63) is 60.3 Å². The number of amides is 2. The van der Waals surface area contributed by atoms with Gasteiger partial charge in [0.25, 0.3) is 0 Å². The first-order valence-corrected chi connectivity index (χ1v) is 11.3. The Morgan fingerprint density at radius 1 is 1.09 bits per heavy atom. The Hall–Kier alpha value is -3.35. The second-order valence-electron chi connectivity index (χ2n) is 8.51. The van der Waals surface area contributed by atoms with E-state index in [0.717, 1.165) is 43.0 Å². The highest BCUT2D eigenvalue weighted by Gasteiger charge is 2.25. The van der Waals surface area contributed by atoms with Gasteiger partial charge in [-0.15, -0.1) is 0 Å². The summed E-state index contributed by atoms with van der Waals surface area (Å²) in [5.74, 6) is 0.708. The highest BCUT2D eigenvalue weighted by Crippen LogP contribution is 2.28. The molecule has 3 aromatic rings. The van der Waals surface area contributed by atoms with E-state index >= 15 is 0 Å². The normalized spacial score (nSPS) is 14.1. The molecule has 7 nitrogen and oxygen atoms in total. The second-order valence-corrected chi connectivity index (χ2v) is 8.51. The molecule has 0 unspecified atom stereocenters. The monoisotopic (exact) mass is 433 g/mol. The summed E-state index contributed by atoms with van der Waals surface area (Å²) in [6, 6.07) is 16.3. The number of nitrogens with zero attached hydrogens (tertiary/aromatic N) is 4. The zero-order valence-electron chi connectivity index (χ0n) is 18.8. The number of aryl methyl sites for hydroxylation is 3. The number of fused-ring (bicyclic) bond motifs is 1. The first-order chi connectivity index (χ1) is 15.5. The molecule has 0 bridgehead atoms. The molecule has 0 radical (unpaired) electrons. The molecule has 0 saturated carbocycles. The maximum Gasteiger partial charge on any atom is 0.228 e. The molecule has 1 N–H and O–H groups in total. The lowest BCUT2D eigenvalue weighted by Gasteiger charge is -2.27. The third-order valence-corrected chi connectivity index (χ3v) is 5.98. The number of aromatic nitrogens is 3. The Kier molecular flexibility index (Phi) is 6.73.